The fraction of sp³-hybridized carbons (Fsp3) is 0.538. The average Bonchev–Trinajstić information content (AvgIpc) is 3.55. The third kappa shape index (κ3) is 2.80. The van der Waals surface area contributed by atoms with Gasteiger partial charge in [0.05, 0.1) is 0 Å². The van der Waals surface area contributed by atoms with Gasteiger partial charge in [0, 0.05) is 18.0 Å². The minimum absolute atomic E-state index is 0.409. The van der Waals surface area contributed by atoms with Crippen molar-refractivity contribution < 1.29 is 4.74 Å². The number of fused-ring (bicyclic) bond motifs is 1. The lowest BCUT2D eigenvalue weighted by Gasteiger charge is -2.59. The molecule has 3 aliphatic carbocycles. The van der Waals surface area contributed by atoms with E-state index in [1.165, 1.54) is 64.5 Å². The van der Waals surface area contributed by atoms with E-state index in [1.54, 1.807) is 11.1 Å². The van der Waals surface area contributed by atoms with Crippen LogP contribution in [0.2, 0.25) is 0 Å². The summed E-state index contributed by atoms with van der Waals surface area (Å²) in [4.78, 5) is 2.89. The van der Waals surface area contributed by atoms with Crippen molar-refractivity contribution >= 4 is 0 Å². The van der Waals surface area contributed by atoms with Crippen molar-refractivity contribution in [2.24, 2.45) is 11.8 Å². The molecule has 0 aromatic heterocycles. The molecule has 1 heterocycles. The summed E-state index contributed by atoms with van der Waals surface area (Å²) < 4.78 is 6.23. The molecular weight excluding hydrogens is 342 g/mol. The Morgan fingerprint density at radius 3 is 2.68 bits per heavy atom. The molecule has 3 fully saturated rings. The second kappa shape index (κ2) is 6.62. The van der Waals surface area contributed by atoms with Crippen molar-refractivity contribution in [2.75, 3.05) is 13.1 Å². The summed E-state index contributed by atoms with van der Waals surface area (Å²) in [5.74, 6) is 3.81. The number of likely N-dealkylation sites (tertiary alicyclic amines) is 1. The zero-order valence-electron chi connectivity index (χ0n) is 16.8. The molecule has 2 bridgehead atoms. The largest absolute Gasteiger partial charge is 0.457 e. The number of rotatable bonds is 4. The highest BCUT2D eigenvalue weighted by Gasteiger charge is 2.54. The Kier molecular flexibility index (Phi) is 4.04. The molecule has 146 valence electrons. The molecule has 0 N–H and O–H groups in total. The van der Waals surface area contributed by atoms with Crippen LogP contribution in [0.5, 0.6) is 11.5 Å². The first kappa shape index (κ1) is 17.1. The van der Waals surface area contributed by atoms with Crippen LogP contribution in [0.4, 0.5) is 0 Å². The summed E-state index contributed by atoms with van der Waals surface area (Å²) >= 11 is 0. The van der Waals surface area contributed by atoms with Crippen LogP contribution in [0.3, 0.4) is 0 Å². The Morgan fingerprint density at radius 1 is 0.929 bits per heavy atom. The number of nitrogens with zero attached hydrogens (tertiary/aromatic N) is 1. The lowest BCUT2D eigenvalue weighted by molar-refractivity contribution is -0.0134. The summed E-state index contributed by atoms with van der Waals surface area (Å²) in [5.41, 5.74) is 3.64. The first-order chi connectivity index (χ1) is 13.8. The molecule has 2 nitrogen and oxygen atoms in total. The number of ether oxygens (including phenoxy) is 1. The first-order valence-electron chi connectivity index (χ1n) is 11.4. The molecule has 28 heavy (non-hydrogen) atoms. The topological polar surface area (TPSA) is 12.5 Å². The molecule has 3 atom stereocenters. The summed E-state index contributed by atoms with van der Waals surface area (Å²) in [6.07, 6.45) is 11.2. The van der Waals surface area contributed by atoms with Gasteiger partial charge >= 0.3 is 0 Å². The normalized spacial score (nSPS) is 31.7. The molecule has 0 spiro atoms. The van der Waals surface area contributed by atoms with E-state index in [1.807, 2.05) is 30.3 Å². The molecule has 1 aliphatic heterocycles. The number of benzene rings is 2. The van der Waals surface area contributed by atoms with E-state index in [2.05, 4.69) is 23.1 Å². The van der Waals surface area contributed by atoms with Gasteiger partial charge in [-0.3, -0.25) is 4.90 Å². The maximum atomic E-state index is 6.23. The minimum Gasteiger partial charge on any atom is -0.457 e. The summed E-state index contributed by atoms with van der Waals surface area (Å²) in [5, 5.41) is 0. The quantitative estimate of drug-likeness (QED) is 0.657. The maximum absolute atomic E-state index is 6.23. The van der Waals surface area contributed by atoms with Gasteiger partial charge < -0.3 is 4.74 Å². The van der Waals surface area contributed by atoms with Gasteiger partial charge in [0.2, 0.25) is 0 Å². The smallest absolute Gasteiger partial charge is 0.127 e. The van der Waals surface area contributed by atoms with Crippen LogP contribution in [-0.4, -0.2) is 24.0 Å². The van der Waals surface area contributed by atoms with Crippen LogP contribution >= 0.6 is 0 Å². The second-order valence-electron chi connectivity index (χ2n) is 9.70. The van der Waals surface area contributed by atoms with E-state index in [-0.39, 0.29) is 0 Å². The van der Waals surface area contributed by atoms with E-state index in [9.17, 15) is 0 Å². The Labute approximate surface area is 168 Å². The second-order valence-corrected chi connectivity index (χ2v) is 9.70. The van der Waals surface area contributed by atoms with Gasteiger partial charge in [0.1, 0.15) is 11.5 Å². The van der Waals surface area contributed by atoms with Crippen molar-refractivity contribution in [1.82, 2.24) is 4.90 Å². The molecule has 6 rings (SSSR count). The van der Waals surface area contributed by atoms with E-state index in [4.69, 9.17) is 4.74 Å². The Morgan fingerprint density at radius 2 is 1.82 bits per heavy atom. The molecule has 4 aliphatic rings. The van der Waals surface area contributed by atoms with Gasteiger partial charge in [0.25, 0.3) is 0 Å². The minimum atomic E-state index is 0.409. The van der Waals surface area contributed by atoms with E-state index in [0.29, 0.717) is 5.41 Å². The lowest BCUT2D eigenvalue weighted by Crippen LogP contribution is -2.61. The molecule has 1 saturated heterocycles. The number of hydrogen-bond acceptors (Lipinski definition) is 2. The van der Waals surface area contributed by atoms with Crippen LogP contribution in [0.1, 0.15) is 56.1 Å². The summed E-state index contributed by atoms with van der Waals surface area (Å²) in [6.45, 7) is 2.67. The van der Waals surface area contributed by atoms with Crippen LogP contribution in [0.15, 0.2) is 48.5 Å². The van der Waals surface area contributed by atoms with E-state index < -0.39 is 0 Å². The molecular formula is C26H31NO. The summed E-state index contributed by atoms with van der Waals surface area (Å²) in [6, 6.07) is 18.0. The highest BCUT2D eigenvalue weighted by molar-refractivity contribution is 5.46. The van der Waals surface area contributed by atoms with Crippen molar-refractivity contribution in [1.29, 1.82) is 0 Å². The van der Waals surface area contributed by atoms with Crippen LogP contribution in [0, 0.1) is 11.8 Å². The highest BCUT2D eigenvalue weighted by Crippen LogP contribution is 2.56. The number of hydrogen-bond donors (Lipinski definition) is 0. The summed E-state index contributed by atoms with van der Waals surface area (Å²) in [7, 11) is 0. The lowest BCUT2D eigenvalue weighted by atomic mass is 9.52. The van der Waals surface area contributed by atoms with E-state index in [0.717, 1.165) is 29.4 Å². The average molecular weight is 374 g/mol. The van der Waals surface area contributed by atoms with Crippen molar-refractivity contribution in [3.05, 3.63) is 59.7 Å². The number of para-hydroxylation sites is 1. The van der Waals surface area contributed by atoms with Crippen LogP contribution in [-0.2, 0) is 11.8 Å². The molecule has 2 heteroatoms. The Hall–Kier alpha value is -1.80. The van der Waals surface area contributed by atoms with Gasteiger partial charge in [-0.2, -0.15) is 0 Å². The highest BCUT2D eigenvalue weighted by atomic mass is 16.5. The maximum Gasteiger partial charge on any atom is 0.127 e. The molecule has 2 saturated carbocycles. The van der Waals surface area contributed by atoms with Gasteiger partial charge in [-0.05, 0) is 92.3 Å². The van der Waals surface area contributed by atoms with Gasteiger partial charge in [-0.15, -0.1) is 0 Å². The van der Waals surface area contributed by atoms with Crippen LogP contribution < -0.4 is 4.74 Å². The van der Waals surface area contributed by atoms with Gasteiger partial charge in [-0.25, -0.2) is 0 Å². The van der Waals surface area contributed by atoms with Crippen LogP contribution in [0.25, 0.3) is 0 Å². The van der Waals surface area contributed by atoms with Crippen molar-refractivity contribution in [3.63, 3.8) is 0 Å². The third-order valence-corrected chi connectivity index (χ3v) is 8.09. The molecule has 0 amide bonds. The van der Waals surface area contributed by atoms with Gasteiger partial charge in [0.15, 0.2) is 0 Å². The fourth-order valence-electron chi connectivity index (χ4n) is 6.61. The first-order valence-corrected chi connectivity index (χ1v) is 11.4. The fourth-order valence-corrected chi connectivity index (χ4v) is 6.61. The zero-order valence-corrected chi connectivity index (χ0v) is 16.8. The van der Waals surface area contributed by atoms with E-state index >= 15 is 0 Å². The number of piperidine rings is 1. The molecule has 0 unspecified atom stereocenters. The third-order valence-electron chi connectivity index (χ3n) is 8.09. The Bertz CT molecular complexity index is 858. The molecule has 2 aromatic carbocycles. The van der Waals surface area contributed by atoms with Crippen molar-refractivity contribution in [2.45, 2.75) is 62.8 Å². The van der Waals surface area contributed by atoms with Gasteiger partial charge in [-0.1, -0.05) is 37.1 Å². The standard InChI is InChI=1S/C26H31NO/c1-2-6-21(7-3-1)28-22-12-11-20-16-25-23-8-4-5-13-26(23,24(20)17-22)14-15-27(25)18-19-9-10-19/h1-3,6-7,11-12,17,19,23,25H,4-5,8-10,13-16,18H2/t23-,25+,26+/m0/s1. The zero-order chi connectivity index (χ0) is 18.6. The Balaban J connectivity index is 1.36. The molecule has 0 radical (unpaired) electrons. The SMILES string of the molecule is c1ccc(Oc2ccc3c(c2)[C@@]24CCCC[C@H]2[C@@H](C3)N(CC2CC2)CC4)cc1. The predicted molar refractivity (Wildman–Crippen MR) is 113 cm³/mol. The predicted octanol–water partition coefficient (Wildman–Crippen LogP) is 5.95. The van der Waals surface area contributed by atoms with Crippen molar-refractivity contribution in [3.8, 4) is 11.5 Å². The monoisotopic (exact) mass is 373 g/mol. The molecule has 2 aromatic rings.